The van der Waals surface area contributed by atoms with Crippen molar-refractivity contribution in [1.29, 1.82) is 0 Å². The zero-order valence-electron chi connectivity index (χ0n) is 15.2. The second kappa shape index (κ2) is 8.59. The molecule has 0 unspecified atom stereocenters. The summed E-state index contributed by atoms with van der Waals surface area (Å²) in [4.78, 5) is 35.5. The van der Waals surface area contributed by atoms with Crippen LogP contribution in [-0.4, -0.2) is 64.6 Å². The topological polar surface area (TPSA) is 87.7 Å². The van der Waals surface area contributed by atoms with Crippen molar-refractivity contribution < 1.29 is 23.1 Å². The number of halogens is 2. The Kier molecular flexibility index (Phi) is 5.97. The number of carbonyl (C=O) groups excluding carboxylic acids is 2. The first-order valence-corrected chi connectivity index (χ1v) is 8.73. The fourth-order valence-electron chi connectivity index (χ4n) is 2.70. The molecule has 1 aromatic heterocycles. The van der Waals surface area contributed by atoms with Crippen LogP contribution < -0.4 is 5.32 Å². The number of ether oxygens (including phenoxy) is 1. The minimum atomic E-state index is -0.987. The predicted molar refractivity (Wildman–Crippen MR) is 96.2 cm³/mol. The third-order valence-corrected chi connectivity index (χ3v) is 4.17. The molecule has 10 heteroatoms. The minimum absolute atomic E-state index is 0.148. The van der Waals surface area contributed by atoms with Crippen molar-refractivity contribution >= 4 is 23.6 Å². The zero-order valence-corrected chi connectivity index (χ0v) is 15.2. The van der Waals surface area contributed by atoms with Crippen LogP contribution in [0.4, 0.5) is 25.2 Å². The number of hydrogen-bond acceptors (Lipinski definition) is 6. The van der Waals surface area contributed by atoms with Gasteiger partial charge in [0.1, 0.15) is 0 Å². The van der Waals surface area contributed by atoms with E-state index in [4.69, 9.17) is 4.74 Å². The van der Waals surface area contributed by atoms with Crippen LogP contribution in [-0.2, 0) is 4.74 Å². The smallest absolute Gasteiger partial charge is 0.409 e. The van der Waals surface area contributed by atoms with Gasteiger partial charge in [0.25, 0.3) is 5.91 Å². The summed E-state index contributed by atoms with van der Waals surface area (Å²) in [5.41, 5.74) is 0.577. The molecule has 1 aromatic carbocycles. The molecule has 1 aliphatic rings. The highest BCUT2D eigenvalue weighted by molar-refractivity contribution is 5.93. The second-order valence-corrected chi connectivity index (χ2v) is 6.03. The van der Waals surface area contributed by atoms with E-state index in [1.807, 2.05) is 0 Å². The monoisotopic (exact) mass is 391 g/mol. The summed E-state index contributed by atoms with van der Waals surface area (Å²) in [5, 5.41) is 2.74. The predicted octanol–water partition coefficient (Wildman–Crippen LogP) is 2.41. The van der Waals surface area contributed by atoms with E-state index in [0.717, 1.165) is 12.1 Å². The summed E-state index contributed by atoms with van der Waals surface area (Å²) in [6, 6.07) is 3.33. The van der Waals surface area contributed by atoms with E-state index < -0.39 is 11.6 Å². The number of hydrogen-bond donors (Lipinski definition) is 1. The van der Waals surface area contributed by atoms with E-state index in [9.17, 15) is 18.4 Å². The van der Waals surface area contributed by atoms with Crippen LogP contribution in [0.1, 0.15) is 17.3 Å². The van der Waals surface area contributed by atoms with Crippen molar-refractivity contribution in [3.05, 3.63) is 47.8 Å². The first kappa shape index (κ1) is 19.5. The zero-order chi connectivity index (χ0) is 20.1. The lowest BCUT2D eigenvalue weighted by Crippen LogP contribution is -2.50. The Hall–Kier alpha value is -3.30. The maximum absolute atomic E-state index is 13.2. The van der Waals surface area contributed by atoms with Gasteiger partial charge in [0.2, 0.25) is 5.95 Å². The van der Waals surface area contributed by atoms with Crippen LogP contribution >= 0.6 is 0 Å². The fraction of sp³-hybridized carbons (Fsp3) is 0.333. The van der Waals surface area contributed by atoms with E-state index in [1.54, 1.807) is 16.7 Å². The van der Waals surface area contributed by atoms with Crippen LogP contribution in [0.5, 0.6) is 0 Å². The minimum Gasteiger partial charge on any atom is -0.450 e. The summed E-state index contributed by atoms with van der Waals surface area (Å²) in [6.07, 6.45) is 2.33. The number of nitrogens with one attached hydrogen (secondary N) is 1. The number of amides is 2. The van der Waals surface area contributed by atoms with Gasteiger partial charge in [0.05, 0.1) is 12.2 Å². The van der Waals surface area contributed by atoms with E-state index >= 15 is 0 Å². The summed E-state index contributed by atoms with van der Waals surface area (Å²) < 4.78 is 31.1. The molecule has 148 valence electrons. The lowest BCUT2D eigenvalue weighted by Gasteiger charge is -2.33. The Morgan fingerprint density at radius 1 is 1.07 bits per heavy atom. The van der Waals surface area contributed by atoms with Crippen molar-refractivity contribution in [2.24, 2.45) is 0 Å². The van der Waals surface area contributed by atoms with Crippen LogP contribution in [0.15, 0.2) is 30.6 Å². The molecule has 0 saturated carbocycles. The molecule has 1 aliphatic heterocycles. The fourth-order valence-corrected chi connectivity index (χ4v) is 2.70. The highest BCUT2D eigenvalue weighted by Crippen LogP contribution is 2.17. The van der Waals surface area contributed by atoms with Gasteiger partial charge in [-0.2, -0.15) is 0 Å². The first-order chi connectivity index (χ1) is 13.5. The summed E-state index contributed by atoms with van der Waals surface area (Å²) >= 11 is 0. The van der Waals surface area contributed by atoms with Gasteiger partial charge in [0, 0.05) is 50.3 Å². The first-order valence-electron chi connectivity index (χ1n) is 8.73. The molecule has 8 nitrogen and oxygen atoms in total. The van der Waals surface area contributed by atoms with Crippen molar-refractivity contribution in [1.82, 2.24) is 19.8 Å². The SMILES string of the molecule is CCOC(=O)N1CCN(C(=O)c2cnc(Nc3ccc(F)c(F)c3)nc2)CC1. The van der Waals surface area contributed by atoms with E-state index in [-0.39, 0.29) is 23.6 Å². The molecule has 0 spiro atoms. The third kappa shape index (κ3) is 4.51. The molecule has 2 amide bonds. The quantitative estimate of drug-likeness (QED) is 0.861. The van der Waals surface area contributed by atoms with E-state index in [2.05, 4.69) is 15.3 Å². The summed E-state index contributed by atoms with van der Waals surface area (Å²) in [6.45, 7) is 3.59. The van der Waals surface area contributed by atoms with Gasteiger partial charge in [-0.05, 0) is 19.1 Å². The highest BCUT2D eigenvalue weighted by Gasteiger charge is 2.25. The lowest BCUT2D eigenvalue weighted by atomic mass is 10.2. The molecule has 0 aliphatic carbocycles. The highest BCUT2D eigenvalue weighted by atomic mass is 19.2. The van der Waals surface area contributed by atoms with Crippen molar-refractivity contribution in [3.8, 4) is 0 Å². The largest absolute Gasteiger partial charge is 0.450 e. The number of piperazine rings is 1. The Balaban J connectivity index is 1.58. The number of nitrogens with zero attached hydrogens (tertiary/aromatic N) is 4. The molecular formula is C18H19F2N5O3. The third-order valence-electron chi connectivity index (χ3n) is 4.17. The van der Waals surface area contributed by atoms with Crippen LogP contribution in [0.25, 0.3) is 0 Å². The van der Waals surface area contributed by atoms with Gasteiger partial charge in [-0.25, -0.2) is 23.5 Å². The molecule has 1 N–H and O–H groups in total. The standard InChI is InChI=1S/C18H19F2N5O3/c1-2-28-18(27)25-7-5-24(6-8-25)16(26)12-10-21-17(22-11-12)23-13-3-4-14(19)15(20)9-13/h3-4,9-11H,2,5-8H2,1H3,(H,21,22,23). The molecule has 0 atom stereocenters. The molecular weight excluding hydrogens is 372 g/mol. The Morgan fingerprint density at radius 2 is 1.71 bits per heavy atom. The summed E-state index contributed by atoms with van der Waals surface area (Å²) in [5.74, 6) is -2.04. The Bertz CT molecular complexity index is 855. The van der Waals surface area contributed by atoms with Crippen molar-refractivity contribution in [3.63, 3.8) is 0 Å². The maximum atomic E-state index is 13.2. The normalized spacial score (nSPS) is 14.0. The molecule has 0 bridgehead atoms. The maximum Gasteiger partial charge on any atom is 0.409 e. The lowest BCUT2D eigenvalue weighted by molar-refractivity contribution is 0.0570. The average Bonchev–Trinajstić information content (AvgIpc) is 2.71. The molecule has 0 radical (unpaired) electrons. The van der Waals surface area contributed by atoms with Crippen molar-refractivity contribution in [2.75, 3.05) is 38.1 Å². The van der Waals surface area contributed by atoms with Crippen LogP contribution in [0, 0.1) is 11.6 Å². The molecule has 28 heavy (non-hydrogen) atoms. The second-order valence-electron chi connectivity index (χ2n) is 6.03. The van der Waals surface area contributed by atoms with Gasteiger partial charge in [0.15, 0.2) is 11.6 Å². The van der Waals surface area contributed by atoms with Crippen LogP contribution in [0.3, 0.4) is 0 Å². The van der Waals surface area contributed by atoms with Gasteiger partial charge in [-0.1, -0.05) is 0 Å². The number of carbonyl (C=O) groups is 2. The van der Waals surface area contributed by atoms with Gasteiger partial charge in [-0.15, -0.1) is 0 Å². The average molecular weight is 391 g/mol. The van der Waals surface area contributed by atoms with E-state index in [0.29, 0.717) is 38.3 Å². The molecule has 1 fully saturated rings. The molecule has 1 saturated heterocycles. The molecule has 3 rings (SSSR count). The Morgan fingerprint density at radius 3 is 2.32 bits per heavy atom. The number of benzene rings is 1. The van der Waals surface area contributed by atoms with Crippen molar-refractivity contribution in [2.45, 2.75) is 6.92 Å². The molecule has 2 aromatic rings. The van der Waals surface area contributed by atoms with Gasteiger partial charge < -0.3 is 19.9 Å². The Labute approximate surface area is 160 Å². The number of aromatic nitrogens is 2. The van der Waals surface area contributed by atoms with Gasteiger partial charge in [-0.3, -0.25) is 4.79 Å². The molecule has 2 heterocycles. The van der Waals surface area contributed by atoms with Crippen LogP contribution in [0.2, 0.25) is 0 Å². The van der Waals surface area contributed by atoms with Gasteiger partial charge >= 0.3 is 6.09 Å². The van der Waals surface area contributed by atoms with E-state index in [1.165, 1.54) is 18.5 Å². The number of rotatable bonds is 4. The summed E-state index contributed by atoms with van der Waals surface area (Å²) in [7, 11) is 0. The number of anilines is 2.